The van der Waals surface area contributed by atoms with E-state index in [-0.39, 0.29) is 24.2 Å². The van der Waals surface area contributed by atoms with Gasteiger partial charge >= 0.3 is 0 Å². The predicted molar refractivity (Wildman–Crippen MR) is 71.7 cm³/mol. The molecule has 1 aromatic rings. The van der Waals surface area contributed by atoms with Gasteiger partial charge in [0.2, 0.25) is 11.8 Å². The molecule has 0 bridgehead atoms. The van der Waals surface area contributed by atoms with Gasteiger partial charge in [-0.15, -0.1) is 0 Å². The highest BCUT2D eigenvalue weighted by Crippen LogP contribution is 2.04. The molecule has 2 amide bonds. The molecule has 4 nitrogen and oxygen atoms in total. The minimum Gasteiger partial charge on any atom is -0.355 e. The molecule has 0 unspecified atom stereocenters. The maximum Gasteiger partial charge on any atom is 0.244 e. The van der Waals surface area contributed by atoms with E-state index in [2.05, 4.69) is 10.6 Å². The highest BCUT2D eigenvalue weighted by Gasteiger charge is 2.01. The number of benzene rings is 1. The maximum absolute atomic E-state index is 12.6. The third kappa shape index (κ3) is 6.35. The molecule has 0 spiro atoms. The van der Waals surface area contributed by atoms with Crippen LogP contribution < -0.4 is 10.6 Å². The van der Waals surface area contributed by atoms with Crippen molar-refractivity contribution in [3.8, 4) is 0 Å². The Kier molecular flexibility index (Phi) is 6.29. The molecule has 2 N–H and O–H groups in total. The Hall–Kier alpha value is -2.17. The Morgan fingerprint density at radius 1 is 1.21 bits per heavy atom. The van der Waals surface area contributed by atoms with E-state index in [1.165, 1.54) is 18.2 Å². The summed E-state index contributed by atoms with van der Waals surface area (Å²) in [6, 6.07) is 5.76. The number of amides is 2. The molecule has 0 atom stereocenters. The highest BCUT2D eigenvalue weighted by atomic mass is 19.1. The van der Waals surface area contributed by atoms with Crippen LogP contribution in [0.1, 0.15) is 18.9 Å². The third-order valence-corrected chi connectivity index (χ3v) is 2.29. The Balaban J connectivity index is 2.34. The minimum absolute atomic E-state index is 0.0490. The minimum atomic E-state index is -0.365. The average Bonchev–Trinajstić information content (AvgIpc) is 2.42. The summed E-state index contributed by atoms with van der Waals surface area (Å²) in [5.74, 6) is -0.907. The molecular formula is C14H17FN2O2. The van der Waals surface area contributed by atoms with Crippen LogP contribution in [0.2, 0.25) is 0 Å². The Morgan fingerprint density at radius 3 is 2.53 bits per heavy atom. The van der Waals surface area contributed by atoms with Gasteiger partial charge in [-0.2, -0.15) is 0 Å². The summed E-state index contributed by atoms with van der Waals surface area (Å²) >= 11 is 0. The van der Waals surface area contributed by atoms with Crippen LogP contribution in [0, 0.1) is 5.82 Å². The number of carbonyl (C=O) groups excluding carboxylic acids is 2. The van der Waals surface area contributed by atoms with Crippen molar-refractivity contribution in [3.05, 3.63) is 41.7 Å². The molecule has 0 aliphatic carbocycles. The van der Waals surface area contributed by atoms with Crippen LogP contribution >= 0.6 is 0 Å². The second-order valence-electron chi connectivity index (χ2n) is 3.95. The zero-order chi connectivity index (χ0) is 14.1. The van der Waals surface area contributed by atoms with E-state index in [1.807, 2.05) is 6.92 Å². The van der Waals surface area contributed by atoms with Gasteiger partial charge in [-0.3, -0.25) is 9.59 Å². The van der Waals surface area contributed by atoms with Crippen molar-refractivity contribution < 1.29 is 14.0 Å². The predicted octanol–water partition coefficient (Wildman–Crippen LogP) is 1.48. The van der Waals surface area contributed by atoms with E-state index in [0.29, 0.717) is 12.1 Å². The van der Waals surface area contributed by atoms with Gasteiger partial charge in [-0.1, -0.05) is 19.1 Å². The van der Waals surface area contributed by atoms with Gasteiger partial charge in [0.1, 0.15) is 5.82 Å². The molecule has 0 radical (unpaired) electrons. The van der Waals surface area contributed by atoms with Crippen molar-refractivity contribution in [1.82, 2.24) is 10.6 Å². The fraction of sp³-hybridized carbons (Fsp3) is 0.286. The summed E-state index contributed by atoms with van der Waals surface area (Å²) in [6.07, 6.45) is 3.71. The van der Waals surface area contributed by atoms with Crippen molar-refractivity contribution in [2.24, 2.45) is 0 Å². The first-order valence-corrected chi connectivity index (χ1v) is 6.10. The lowest BCUT2D eigenvalue weighted by atomic mass is 10.2. The Morgan fingerprint density at radius 2 is 1.89 bits per heavy atom. The molecule has 19 heavy (non-hydrogen) atoms. The molecule has 0 aliphatic rings. The number of carbonyl (C=O) groups is 2. The highest BCUT2D eigenvalue weighted by molar-refractivity contribution is 5.94. The number of hydrogen-bond donors (Lipinski definition) is 2. The monoisotopic (exact) mass is 264 g/mol. The molecule has 1 aromatic carbocycles. The van der Waals surface area contributed by atoms with Gasteiger partial charge in [-0.25, -0.2) is 4.39 Å². The van der Waals surface area contributed by atoms with Crippen LogP contribution in [-0.4, -0.2) is 24.9 Å². The zero-order valence-electron chi connectivity index (χ0n) is 10.8. The van der Waals surface area contributed by atoms with E-state index < -0.39 is 0 Å². The summed E-state index contributed by atoms with van der Waals surface area (Å²) in [5, 5.41) is 5.11. The molecular weight excluding hydrogens is 247 g/mol. The first kappa shape index (κ1) is 14.9. The Bertz CT molecular complexity index is 455. The average molecular weight is 264 g/mol. The molecule has 0 aliphatic heterocycles. The van der Waals surface area contributed by atoms with Crippen molar-refractivity contribution in [1.29, 1.82) is 0 Å². The molecule has 0 aromatic heterocycles. The van der Waals surface area contributed by atoms with Gasteiger partial charge in [0, 0.05) is 12.6 Å². The van der Waals surface area contributed by atoms with E-state index in [4.69, 9.17) is 0 Å². The van der Waals surface area contributed by atoms with Crippen LogP contribution in [0.3, 0.4) is 0 Å². The second kappa shape index (κ2) is 8.02. The number of halogens is 1. The van der Waals surface area contributed by atoms with Gasteiger partial charge < -0.3 is 10.6 Å². The van der Waals surface area contributed by atoms with Crippen molar-refractivity contribution in [3.63, 3.8) is 0 Å². The third-order valence-electron chi connectivity index (χ3n) is 2.29. The summed E-state index contributed by atoms with van der Waals surface area (Å²) in [5.41, 5.74) is 0.715. The van der Waals surface area contributed by atoms with Gasteiger partial charge in [0.15, 0.2) is 0 Å². The van der Waals surface area contributed by atoms with Crippen molar-refractivity contribution >= 4 is 17.9 Å². The fourth-order valence-corrected chi connectivity index (χ4v) is 1.30. The summed E-state index contributed by atoms with van der Waals surface area (Å²) in [4.78, 5) is 22.6. The lowest BCUT2D eigenvalue weighted by Crippen LogP contribution is -2.36. The smallest absolute Gasteiger partial charge is 0.244 e. The second-order valence-corrected chi connectivity index (χ2v) is 3.95. The largest absolute Gasteiger partial charge is 0.355 e. The quantitative estimate of drug-likeness (QED) is 0.765. The SMILES string of the molecule is CCCNC(=O)CNC(=O)/C=C/c1ccc(F)cc1. The molecule has 1 rings (SSSR count). The lowest BCUT2D eigenvalue weighted by molar-refractivity contribution is -0.123. The fourth-order valence-electron chi connectivity index (χ4n) is 1.30. The standard InChI is InChI=1S/C14H17FN2O2/c1-2-9-16-14(19)10-17-13(18)8-5-11-3-6-12(15)7-4-11/h3-8H,2,9-10H2,1H3,(H,16,19)(H,17,18)/b8-5+. The van der Waals surface area contributed by atoms with Crippen LogP contribution in [0.15, 0.2) is 30.3 Å². The number of rotatable bonds is 6. The van der Waals surface area contributed by atoms with Gasteiger partial charge in [0.05, 0.1) is 6.54 Å². The molecule has 0 saturated carbocycles. The number of nitrogens with one attached hydrogen (secondary N) is 2. The normalized spacial score (nSPS) is 10.4. The van der Waals surface area contributed by atoms with Crippen LogP contribution in [0.5, 0.6) is 0 Å². The molecule has 102 valence electrons. The number of hydrogen-bond acceptors (Lipinski definition) is 2. The first-order valence-electron chi connectivity index (χ1n) is 6.10. The van der Waals surface area contributed by atoms with Crippen molar-refractivity contribution in [2.75, 3.05) is 13.1 Å². The Labute approximate surface area is 111 Å². The summed E-state index contributed by atoms with van der Waals surface area (Å²) < 4.78 is 12.6. The van der Waals surface area contributed by atoms with E-state index in [1.54, 1.807) is 18.2 Å². The van der Waals surface area contributed by atoms with Gasteiger partial charge in [-0.05, 0) is 30.2 Å². The van der Waals surface area contributed by atoms with E-state index in [9.17, 15) is 14.0 Å². The van der Waals surface area contributed by atoms with E-state index in [0.717, 1.165) is 6.42 Å². The van der Waals surface area contributed by atoms with Crippen LogP contribution in [-0.2, 0) is 9.59 Å². The zero-order valence-corrected chi connectivity index (χ0v) is 10.8. The maximum atomic E-state index is 12.6. The molecule has 0 heterocycles. The van der Waals surface area contributed by atoms with Crippen LogP contribution in [0.25, 0.3) is 6.08 Å². The van der Waals surface area contributed by atoms with Crippen molar-refractivity contribution in [2.45, 2.75) is 13.3 Å². The summed E-state index contributed by atoms with van der Waals surface area (Å²) in [7, 11) is 0. The molecule has 0 fully saturated rings. The van der Waals surface area contributed by atoms with Gasteiger partial charge in [0.25, 0.3) is 0 Å². The summed E-state index contributed by atoms with van der Waals surface area (Å²) in [6.45, 7) is 2.50. The van der Waals surface area contributed by atoms with Crippen LogP contribution in [0.4, 0.5) is 4.39 Å². The first-order chi connectivity index (χ1) is 9.11. The topological polar surface area (TPSA) is 58.2 Å². The lowest BCUT2D eigenvalue weighted by Gasteiger charge is -2.03. The van der Waals surface area contributed by atoms with E-state index >= 15 is 0 Å². The molecule has 5 heteroatoms. The molecule has 0 saturated heterocycles.